The second-order valence-corrected chi connectivity index (χ2v) is 6.63. The van der Waals surface area contributed by atoms with E-state index in [4.69, 9.17) is 0 Å². The minimum atomic E-state index is -0.271. The summed E-state index contributed by atoms with van der Waals surface area (Å²) in [5.41, 5.74) is 1.31. The molecule has 7 heteroatoms. The van der Waals surface area contributed by atoms with Crippen molar-refractivity contribution >= 4 is 51.1 Å². The molecule has 1 saturated heterocycles. The number of amidine groups is 1. The molecule has 1 N–H and O–H groups in total. The van der Waals surface area contributed by atoms with E-state index in [0.29, 0.717) is 12.1 Å². The number of carbonyl (C=O) groups is 2. The Labute approximate surface area is 153 Å². The van der Waals surface area contributed by atoms with Gasteiger partial charge < -0.3 is 5.32 Å². The standard InChI is InChI=1S/C17H17IN4O2/c1-19-14-6-3-9-22(14)15(23)10-21-17(24)12-7-8-20-16-11(12)4-2-5-13(16)18/h2,4-5,7-8H,3,6,9-10H2,1H3,(H,21,24). The molecule has 1 aliphatic heterocycles. The Bertz CT molecular complexity index is 834. The molecule has 6 nitrogen and oxygen atoms in total. The van der Waals surface area contributed by atoms with Crippen LogP contribution in [0, 0.1) is 3.57 Å². The van der Waals surface area contributed by atoms with Crippen LogP contribution < -0.4 is 5.32 Å². The number of fused-ring (bicyclic) bond motifs is 1. The van der Waals surface area contributed by atoms with Gasteiger partial charge in [0.25, 0.3) is 5.91 Å². The zero-order valence-electron chi connectivity index (χ0n) is 13.3. The largest absolute Gasteiger partial charge is 0.343 e. The molecule has 0 bridgehead atoms. The van der Waals surface area contributed by atoms with Crippen LogP contribution in [0.5, 0.6) is 0 Å². The lowest BCUT2D eigenvalue weighted by atomic mass is 10.1. The van der Waals surface area contributed by atoms with Gasteiger partial charge in [-0.2, -0.15) is 0 Å². The number of para-hydroxylation sites is 1. The van der Waals surface area contributed by atoms with Gasteiger partial charge >= 0.3 is 0 Å². The third-order valence-corrected chi connectivity index (χ3v) is 4.89. The molecule has 0 radical (unpaired) electrons. The van der Waals surface area contributed by atoms with Crippen molar-refractivity contribution in [2.24, 2.45) is 4.99 Å². The third-order valence-electron chi connectivity index (χ3n) is 4.02. The van der Waals surface area contributed by atoms with Crippen molar-refractivity contribution < 1.29 is 9.59 Å². The molecule has 2 amide bonds. The van der Waals surface area contributed by atoms with Crippen LogP contribution in [0.3, 0.4) is 0 Å². The van der Waals surface area contributed by atoms with Crippen molar-refractivity contribution in [3.05, 3.63) is 39.6 Å². The zero-order valence-corrected chi connectivity index (χ0v) is 15.4. The van der Waals surface area contributed by atoms with E-state index in [0.717, 1.165) is 33.2 Å². The summed E-state index contributed by atoms with van der Waals surface area (Å²) in [4.78, 5) is 34.9. The molecule has 2 heterocycles. The van der Waals surface area contributed by atoms with E-state index in [9.17, 15) is 9.59 Å². The average Bonchev–Trinajstić information content (AvgIpc) is 3.08. The van der Waals surface area contributed by atoms with Crippen molar-refractivity contribution in [3.8, 4) is 0 Å². The number of halogens is 1. The first-order valence-electron chi connectivity index (χ1n) is 7.69. The van der Waals surface area contributed by atoms with Crippen LogP contribution in [0.1, 0.15) is 23.2 Å². The minimum absolute atomic E-state index is 0.0361. The maximum Gasteiger partial charge on any atom is 0.252 e. The maximum atomic E-state index is 12.5. The molecule has 24 heavy (non-hydrogen) atoms. The molecular formula is C17H17IN4O2. The lowest BCUT2D eigenvalue weighted by molar-refractivity contribution is -0.125. The van der Waals surface area contributed by atoms with Gasteiger partial charge in [0.05, 0.1) is 17.6 Å². The van der Waals surface area contributed by atoms with Gasteiger partial charge in [0.2, 0.25) is 5.91 Å². The molecule has 2 aromatic rings. The minimum Gasteiger partial charge on any atom is -0.343 e. The Morgan fingerprint density at radius 1 is 1.38 bits per heavy atom. The summed E-state index contributed by atoms with van der Waals surface area (Å²) in [6, 6.07) is 7.37. The molecule has 1 aromatic heterocycles. The summed E-state index contributed by atoms with van der Waals surface area (Å²) in [6.07, 6.45) is 3.34. The number of aliphatic imine (C=N–C) groups is 1. The Balaban J connectivity index is 1.74. The summed E-state index contributed by atoms with van der Waals surface area (Å²) >= 11 is 2.19. The van der Waals surface area contributed by atoms with Crippen molar-refractivity contribution in [2.45, 2.75) is 12.8 Å². The number of nitrogens with zero attached hydrogens (tertiary/aromatic N) is 3. The smallest absolute Gasteiger partial charge is 0.252 e. The highest BCUT2D eigenvalue weighted by Crippen LogP contribution is 2.21. The Morgan fingerprint density at radius 3 is 3.00 bits per heavy atom. The Morgan fingerprint density at radius 2 is 2.21 bits per heavy atom. The van der Waals surface area contributed by atoms with Crippen molar-refractivity contribution in [2.75, 3.05) is 20.1 Å². The topological polar surface area (TPSA) is 74.7 Å². The van der Waals surface area contributed by atoms with Crippen LogP contribution >= 0.6 is 22.6 Å². The second kappa shape index (κ2) is 7.25. The first-order valence-corrected chi connectivity index (χ1v) is 8.77. The van der Waals surface area contributed by atoms with Gasteiger partial charge in [-0.25, -0.2) is 0 Å². The molecule has 0 aliphatic carbocycles. The van der Waals surface area contributed by atoms with Crippen LogP contribution in [0.2, 0.25) is 0 Å². The summed E-state index contributed by atoms with van der Waals surface area (Å²) in [5.74, 6) is 0.388. The molecular weight excluding hydrogens is 419 g/mol. The number of likely N-dealkylation sites (tertiary alicyclic amines) is 1. The monoisotopic (exact) mass is 436 g/mol. The number of hydrogen-bond donors (Lipinski definition) is 1. The molecule has 0 atom stereocenters. The summed E-state index contributed by atoms with van der Waals surface area (Å²) in [5, 5.41) is 3.50. The van der Waals surface area contributed by atoms with Crippen molar-refractivity contribution in [1.82, 2.24) is 15.2 Å². The Hall–Kier alpha value is -2.03. The molecule has 124 valence electrons. The van der Waals surface area contributed by atoms with Crippen LogP contribution in [0.25, 0.3) is 10.9 Å². The van der Waals surface area contributed by atoms with E-state index in [2.05, 4.69) is 37.9 Å². The van der Waals surface area contributed by atoms with Crippen LogP contribution in [-0.4, -0.2) is 47.7 Å². The first kappa shape index (κ1) is 16.8. The highest BCUT2D eigenvalue weighted by atomic mass is 127. The lowest BCUT2D eigenvalue weighted by Crippen LogP contribution is -2.40. The predicted molar refractivity (Wildman–Crippen MR) is 101 cm³/mol. The van der Waals surface area contributed by atoms with E-state index < -0.39 is 0 Å². The van der Waals surface area contributed by atoms with Gasteiger partial charge in [-0.05, 0) is 41.1 Å². The number of aromatic nitrogens is 1. The van der Waals surface area contributed by atoms with Crippen LogP contribution in [0.4, 0.5) is 0 Å². The second-order valence-electron chi connectivity index (χ2n) is 5.47. The van der Waals surface area contributed by atoms with Crippen molar-refractivity contribution in [1.29, 1.82) is 0 Å². The summed E-state index contributed by atoms with van der Waals surface area (Å²) in [6.45, 7) is 0.628. The number of nitrogens with one attached hydrogen (secondary N) is 1. The van der Waals surface area contributed by atoms with E-state index >= 15 is 0 Å². The number of benzene rings is 1. The summed E-state index contributed by atoms with van der Waals surface area (Å²) in [7, 11) is 1.68. The fraction of sp³-hybridized carbons (Fsp3) is 0.294. The van der Waals surface area contributed by atoms with E-state index in [1.54, 1.807) is 24.2 Å². The maximum absolute atomic E-state index is 12.5. The summed E-state index contributed by atoms with van der Waals surface area (Å²) < 4.78 is 0.983. The average molecular weight is 436 g/mol. The number of hydrogen-bond acceptors (Lipinski definition) is 4. The number of carbonyl (C=O) groups excluding carboxylic acids is 2. The quantitative estimate of drug-likeness (QED) is 0.751. The normalized spacial score (nSPS) is 15.9. The van der Waals surface area contributed by atoms with Gasteiger partial charge in [-0.3, -0.25) is 24.5 Å². The fourth-order valence-corrected chi connectivity index (χ4v) is 3.48. The van der Waals surface area contributed by atoms with E-state index in [-0.39, 0.29) is 18.4 Å². The SMILES string of the molecule is CN=C1CCCN1C(=O)CNC(=O)c1ccnc2c(I)cccc12. The van der Waals surface area contributed by atoms with Crippen LogP contribution in [-0.2, 0) is 4.79 Å². The van der Waals surface area contributed by atoms with Gasteiger partial charge in [-0.1, -0.05) is 12.1 Å². The van der Waals surface area contributed by atoms with Gasteiger partial charge in [0, 0.05) is 35.2 Å². The molecule has 3 rings (SSSR count). The Kier molecular flexibility index (Phi) is 5.08. The first-order chi connectivity index (χ1) is 11.6. The van der Waals surface area contributed by atoms with Crippen molar-refractivity contribution in [3.63, 3.8) is 0 Å². The van der Waals surface area contributed by atoms with Gasteiger partial charge in [0.1, 0.15) is 5.84 Å². The van der Waals surface area contributed by atoms with E-state index in [1.165, 1.54) is 0 Å². The molecule has 0 unspecified atom stereocenters. The third kappa shape index (κ3) is 3.26. The molecule has 1 aromatic carbocycles. The number of pyridine rings is 1. The van der Waals surface area contributed by atoms with E-state index in [1.807, 2.05) is 18.2 Å². The fourth-order valence-electron chi connectivity index (χ4n) is 2.85. The predicted octanol–water partition coefficient (Wildman–Crippen LogP) is 2.22. The number of amides is 2. The lowest BCUT2D eigenvalue weighted by Gasteiger charge is -2.17. The van der Waals surface area contributed by atoms with Gasteiger partial charge in [-0.15, -0.1) is 0 Å². The van der Waals surface area contributed by atoms with Crippen LogP contribution in [0.15, 0.2) is 35.5 Å². The zero-order chi connectivity index (χ0) is 17.1. The highest BCUT2D eigenvalue weighted by molar-refractivity contribution is 14.1. The highest BCUT2D eigenvalue weighted by Gasteiger charge is 2.24. The molecule has 1 aliphatic rings. The number of rotatable bonds is 3. The van der Waals surface area contributed by atoms with Gasteiger partial charge in [0.15, 0.2) is 0 Å². The molecule has 0 spiro atoms. The molecule has 0 saturated carbocycles. The molecule has 1 fully saturated rings.